The van der Waals surface area contributed by atoms with Crippen molar-refractivity contribution in [3.63, 3.8) is 0 Å². The number of ether oxygens (including phenoxy) is 1. The number of carbonyl (C=O) groups is 1. The smallest absolute Gasteiger partial charge is 0.407 e. The molecular weight excluding hydrogens is 354 g/mol. The van der Waals surface area contributed by atoms with E-state index in [1.54, 1.807) is 0 Å². The fourth-order valence-electron chi connectivity index (χ4n) is 3.29. The first-order valence-electron chi connectivity index (χ1n) is 11.8. The monoisotopic (exact) mass is 401 g/mol. The maximum atomic E-state index is 11.5. The van der Waals surface area contributed by atoms with Crippen LogP contribution in [0.1, 0.15) is 122 Å². The van der Waals surface area contributed by atoms with E-state index in [4.69, 9.17) is 4.74 Å². The van der Waals surface area contributed by atoms with Gasteiger partial charge in [-0.1, -0.05) is 103 Å². The Morgan fingerprint density at radius 1 is 0.667 bits per heavy atom. The van der Waals surface area contributed by atoms with Gasteiger partial charge in [-0.3, -0.25) is 0 Å². The Labute approximate surface area is 175 Å². The van der Waals surface area contributed by atoms with E-state index in [2.05, 4.69) is 24.9 Å². The lowest BCUT2D eigenvalue weighted by molar-refractivity contribution is 0.143. The molecule has 0 aromatic heterocycles. The predicted octanol–water partition coefficient (Wildman–Crippen LogP) is 7.68. The summed E-state index contributed by atoms with van der Waals surface area (Å²) in [5, 5.41) is 2.83. The lowest BCUT2D eigenvalue weighted by Gasteiger charge is -2.07. The van der Waals surface area contributed by atoms with Gasteiger partial charge < -0.3 is 10.1 Å². The molecule has 0 atom stereocenters. The summed E-state index contributed by atoms with van der Waals surface area (Å²) < 4.78 is 5.21. The molecule has 1 N–H and O–H groups in total. The molecule has 0 heterocycles. The summed E-state index contributed by atoms with van der Waals surface area (Å²) in [5.41, 5.74) is 0. The van der Waals surface area contributed by atoms with Crippen LogP contribution in [0.4, 0.5) is 4.79 Å². The van der Waals surface area contributed by atoms with Crippen LogP contribution < -0.4 is 5.32 Å². The van der Waals surface area contributed by atoms with Crippen molar-refractivity contribution >= 4 is 18.7 Å². The van der Waals surface area contributed by atoms with Gasteiger partial charge in [-0.25, -0.2) is 4.79 Å². The fraction of sp³-hybridized carbons (Fsp3) is 0.957. The Morgan fingerprint density at radius 2 is 1.11 bits per heavy atom. The largest absolute Gasteiger partial charge is 0.450 e. The molecule has 0 bridgehead atoms. The first kappa shape index (κ1) is 26.6. The quantitative estimate of drug-likeness (QED) is 0.153. The van der Waals surface area contributed by atoms with Gasteiger partial charge in [0.15, 0.2) is 0 Å². The predicted molar refractivity (Wildman–Crippen MR) is 122 cm³/mol. The van der Waals surface area contributed by atoms with Crippen molar-refractivity contribution in [3.05, 3.63) is 0 Å². The van der Waals surface area contributed by atoms with Gasteiger partial charge in [0.1, 0.15) is 0 Å². The SMILES string of the molecule is CCCCCCNC(=O)OCCCCCCCCCCCCCCCCS. The minimum Gasteiger partial charge on any atom is -0.450 e. The number of rotatable bonds is 21. The van der Waals surface area contributed by atoms with Gasteiger partial charge in [0.25, 0.3) is 0 Å². The summed E-state index contributed by atoms with van der Waals surface area (Å²) in [6.45, 7) is 3.50. The Morgan fingerprint density at radius 3 is 1.59 bits per heavy atom. The highest BCUT2D eigenvalue weighted by Gasteiger charge is 2.00. The van der Waals surface area contributed by atoms with Crippen LogP contribution in [0.25, 0.3) is 0 Å². The van der Waals surface area contributed by atoms with Crippen molar-refractivity contribution in [2.45, 2.75) is 122 Å². The Bertz CT molecular complexity index is 300. The molecule has 4 heteroatoms. The normalized spacial score (nSPS) is 10.9. The first-order chi connectivity index (χ1) is 13.3. The second kappa shape index (κ2) is 23.7. The van der Waals surface area contributed by atoms with E-state index in [0.717, 1.165) is 25.1 Å². The molecule has 0 aromatic carbocycles. The molecule has 0 spiro atoms. The van der Waals surface area contributed by atoms with Crippen molar-refractivity contribution < 1.29 is 9.53 Å². The highest BCUT2D eigenvalue weighted by molar-refractivity contribution is 7.80. The van der Waals surface area contributed by atoms with Crippen LogP contribution in [-0.2, 0) is 4.74 Å². The van der Waals surface area contributed by atoms with Crippen LogP contribution in [-0.4, -0.2) is 25.0 Å². The number of unbranched alkanes of at least 4 members (excludes halogenated alkanes) is 16. The maximum absolute atomic E-state index is 11.5. The van der Waals surface area contributed by atoms with Gasteiger partial charge in [-0.15, -0.1) is 0 Å². The third-order valence-corrected chi connectivity index (χ3v) is 5.40. The number of hydrogen-bond donors (Lipinski definition) is 2. The number of thiol groups is 1. The van der Waals surface area contributed by atoms with E-state index in [1.165, 1.54) is 103 Å². The van der Waals surface area contributed by atoms with Crippen molar-refractivity contribution in [2.24, 2.45) is 0 Å². The third-order valence-electron chi connectivity index (χ3n) is 5.09. The lowest BCUT2D eigenvalue weighted by Crippen LogP contribution is -2.25. The highest BCUT2D eigenvalue weighted by atomic mass is 32.1. The molecule has 0 saturated heterocycles. The van der Waals surface area contributed by atoms with Gasteiger partial charge >= 0.3 is 6.09 Å². The molecule has 27 heavy (non-hydrogen) atoms. The zero-order valence-electron chi connectivity index (χ0n) is 18.1. The molecule has 0 unspecified atom stereocenters. The summed E-state index contributed by atoms with van der Waals surface area (Å²) in [5.74, 6) is 1.04. The molecule has 0 aliphatic rings. The summed E-state index contributed by atoms with van der Waals surface area (Å²) in [6, 6.07) is 0. The highest BCUT2D eigenvalue weighted by Crippen LogP contribution is 2.13. The van der Waals surface area contributed by atoms with Crippen LogP contribution in [0.5, 0.6) is 0 Å². The van der Waals surface area contributed by atoms with E-state index >= 15 is 0 Å². The molecule has 0 aliphatic heterocycles. The second-order valence-corrected chi connectivity index (χ2v) is 8.24. The minimum absolute atomic E-state index is 0.242. The molecular formula is C23H47NO2S. The molecule has 0 aliphatic carbocycles. The topological polar surface area (TPSA) is 38.3 Å². The van der Waals surface area contributed by atoms with Crippen LogP contribution >= 0.6 is 12.6 Å². The number of alkyl carbamates (subject to hydrolysis) is 1. The van der Waals surface area contributed by atoms with Gasteiger partial charge in [-0.2, -0.15) is 12.6 Å². The van der Waals surface area contributed by atoms with Gasteiger partial charge in [0, 0.05) is 6.54 Å². The van der Waals surface area contributed by atoms with Crippen molar-refractivity contribution in [3.8, 4) is 0 Å². The van der Waals surface area contributed by atoms with E-state index in [-0.39, 0.29) is 6.09 Å². The van der Waals surface area contributed by atoms with Gasteiger partial charge in [0.2, 0.25) is 0 Å². The zero-order valence-corrected chi connectivity index (χ0v) is 19.0. The van der Waals surface area contributed by atoms with Crippen LogP contribution in [0, 0.1) is 0 Å². The van der Waals surface area contributed by atoms with E-state index < -0.39 is 0 Å². The average molecular weight is 402 g/mol. The summed E-state index contributed by atoms with van der Waals surface area (Å²) in [7, 11) is 0. The number of hydrogen-bond acceptors (Lipinski definition) is 3. The number of nitrogens with one attached hydrogen (secondary N) is 1. The fourth-order valence-corrected chi connectivity index (χ4v) is 3.52. The average Bonchev–Trinajstić information content (AvgIpc) is 2.67. The summed E-state index contributed by atoms with van der Waals surface area (Å²) >= 11 is 4.25. The van der Waals surface area contributed by atoms with E-state index in [1.807, 2.05) is 0 Å². The molecule has 0 fully saturated rings. The van der Waals surface area contributed by atoms with E-state index in [0.29, 0.717) is 6.61 Å². The molecule has 0 rings (SSSR count). The summed E-state index contributed by atoms with van der Waals surface area (Å²) in [4.78, 5) is 11.5. The van der Waals surface area contributed by atoms with Crippen molar-refractivity contribution in [1.82, 2.24) is 5.32 Å². The zero-order chi connectivity index (χ0) is 19.8. The number of amides is 1. The molecule has 3 nitrogen and oxygen atoms in total. The van der Waals surface area contributed by atoms with Gasteiger partial charge in [-0.05, 0) is 25.0 Å². The van der Waals surface area contributed by atoms with Crippen molar-refractivity contribution in [1.29, 1.82) is 0 Å². The van der Waals surface area contributed by atoms with Crippen LogP contribution in [0.2, 0.25) is 0 Å². The van der Waals surface area contributed by atoms with Crippen LogP contribution in [0.15, 0.2) is 0 Å². The molecule has 162 valence electrons. The standard InChI is InChI=1S/C23H47NO2S/c1-2-3-4-17-20-24-23(25)26-21-18-15-13-11-9-7-5-6-8-10-12-14-16-19-22-27/h27H,2-22H2,1H3,(H,24,25). The molecule has 0 radical (unpaired) electrons. The Kier molecular flexibility index (Phi) is 23.3. The molecule has 1 amide bonds. The Balaban J connectivity index is 3.09. The lowest BCUT2D eigenvalue weighted by atomic mass is 10.0. The Hall–Kier alpha value is -0.380. The number of carbonyl (C=O) groups excluding carboxylic acids is 1. The van der Waals surface area contributed by atoms with E-state index in [9.17, 15) is 4.79 Å². The molecule has 0 aromatic rings. The van der Waals surface area contributed by atoms with Crippen molar-refractivity contribution in [2.75, 3.05) is 18.9 Å². The second-order valence-electron chi connectivity index (χ2n) is 7.80. The van der Waals surface area contributed by atoms with Gasteiger partial charge in [0.05, 0.1) is 6.61 Å². The maximum Gasteiger partial charge on any atom is 0.407 e. The first-order valence-corrected chi connectivity index (χ1v) is 12.5. The third kappa shape index (κ3) is 23.6. The minimum atomic E-state index is -0.242. The van der Waals surface area contributed by atoms with Crippen LogP contribution in [0.3, 0.4) is 0 Å². The molecule has 0 saturated carbocycles. The summed E-state index contributed by atoms with van der Waals surface area (Å²) in [6.07, 6.45) is 23.1.